The van der Waals surface area contributed by atoms with E-state index >= 15 is 0 Å². The third kappa shape index (κ3) is 5.38. The minimum Gasteiger partial charge on any atom is -0.480 e. The van der Waals surface area contributed by atoms with Crippen LogP contribution in [0.4, 0.5) is 8.78 Å². The Labute approximate surface area is 246 Å². The zero-order chi connectivity index (χ0) is 30.5. The average Bonchev–Trinajstić information content (AvgIpc) is 3.35. The SMILES string of the molecule is COc1nc2c(=O)n(Cc3ncn(C)n3)c(=O)n(Cc3cc(F)c(F)c(Cl)c3)c2cc1-c1nc(C(C)(C)O)ccc1Cl. The number of aliphatic hydroxyl groups is 1. The quantitative estimate of drug-likeness (QED) is 0.274. The maximum Gasteiger partial charge on any atom is 0.332 e. The number of rotatable bonds is 7. The summed E-state index contributed by atoms with van der Waals surface area (Å²) < 4.78 is 37.1. The molecule has 1 aromatic carbocycles. The third-order valence-corrected chi connectivity index (χ3v) is 7.00. The Bertz CT molecular complexity index is 1960. The van der Waals surface area contributed by atoms with Gasteiger partial charge in [0.25, 0.3) is 5.56 Å². The zero-order valence-corrected chi connectivity index (χ0v) is 24.2. The molecule has 218 valence electrons. The number of halogens is 4. The molecule has 0 saturated carbocycles. The van der Waals surface area contributed by atoms with Crippen molar-refractivity contribution in [2.45, 2.75) is 32.5 Å². The van der Waals surface area contributed by atoms with Gasteiger partial charge in [0, 0.05) is 7.05 Å². The van der Waals surface area contributed by atoms with E-state index in [-0.39, 0.29) is 63.4 Å². The number of hydrogen-bond acceptors (Lipinski definition) is 8. The van der Waals surface area contributed by atoms with E-state index in [0.717, 1.165) is 15.2 Å². The van der Waals surface area contributed by atoms with E-state index in [2.05, 4.69) is 20.1 Å². The molecule has 0 saturated heterocycles. The van der Waals surface area contributed by atoms with Crippen molar-refractivity contribution >= 4 is 34.2 Å². The van der Waals surface area contributed by atoms with Gasteiger partial charge in [-0.25, -0.2) is 28.5 Å². The topological polar surface area (TPSA) is 130 Å². The number of aryl methyl sites for hydroxylation is 1. The van der Waals surface area contributed by atoms with Crippen LogP contribution in [0.15, 0.2) is 46.2 Å². The minimum atomic E-state index is -1.32. The van der Waals surface area contributed by atoms with E-state index in [1.54, 1.807) is 27.0 Å². The van der Waals surface area contributed by atoms with Crippen LogP contribution in [0.25, 0.3) is 22.3 Å². The third-order valence-electron chi connectivity index (χ3n) is 6.42. The molecule has 15 heteroatoms. The van der Waals surface area contributed by atoms with E-state index in [0.29, 0.717) is 0 Å². The van der Waals surface area contributed by atoms with Crippen LogP contribution in [-0.2, 0) is 25.7 Å². The van der Waals surface area contributed by atoms with Crippen LogP contribution in [0, 0.1) is 11.6 Å². The highest BCUT2D eigenvalue weighted by Gasteiger charge is 2.24. The van der Waals surface area contributed by atoms with Gasteiger partial charge in [0.2, 0.25) is 5.88 Å². The molecule has 0 aliphatic heterocycles. The van der Waals surface area contributed by atoms with Gasteiger partial charge < -0.3 is 9.84 Å². The normalized spacial score (nSPS) is 11.8. The molecule has 0 radical (unpaired) electrons. The molecule has 42 heavy (non-hydrogen) atoms. The van der Waals surface area contributed by atoms with E-state index in [1.807, 2.05) is 0 Å². The van der Waals surface area contributed by atoms with Gasteiger partial charge in [-0.3, -0.25) is 18.6 Å². The van der Waals surface area contributed by atoms with Crippen LogP contribution in [-0.4, -0.2) is 46.1 Å². The molecule has 4 aromatic heterocycles. The van der Waals surface area contributed by atoms with Crippen molar-refractivity contribution in [1.82, 2.24) is 33.9 Å². The summed E-state index contributed by atoms with van der Waals surface area (Å²) in [6.45, 7) is 2.49. The first-order chi connectivity index (χ1) is 19.8. The summed E-state index contributed by atoms with van der Waals surface area (Å²) in [6, 6.07) is 6.61. The lowest BCUT2D eigenvalue weighted by Gasteiger charge is -2.19. The van der Waals surface area contributed by atoms with Gasteiger partial charge in [-0.05, 0) is 49.7 Å². The molecule has 0 aliphatic rings. The van der Waals surface area contributed by atoms with Crippen LogP contribution < -0.4 is 16.0 Å². The van der Waals surface area contributed by atoms with Crippen molar-refractivity contribution in [2.24, 2.45) is 7.05 Å². The second kappa shape index (κ2) is 10.9. The van der Waals surface area contributed by atoms with Gasteiger partial charge >= 0.3 is 5.69 Å². The summed E-state index contributed by atoms with van der Waals surface area (Å²) in [5.74, 6) is -2.29. The largest absolute Gasteiger partial charge is 0.480 e. The lowest BCUT2D eigenvalue weighted by atomic mass is 10.0. The number of benzene rings is 1. The van der Waals surface area contributed by atoms with Crippen molar-refractivity contribution in [1.29, 1.82) is 0 Å². The predicted octanol–water partition coefficient (Wildman–Crippen LogP) is 3.67. The summed E-state index contributed by atoms with van der Waals surface area (Å²) in [7, 11) is 2.96. The zero-order valence-electron chi connectivity index (χ0n) is 22.7. The fourth-order valence-electron chi connectivity index (χ4n) is 4.38. The molecule has 0 aliphatic carbocycles. The maximum absolute atomic E-state index is 14.3. The molecular formula is C27H23Cl2F2N7O4. The summed E-state index contributed by atoms with van der Waals surface area (Å²) in [5, 5.41) is 14.4. The first-order valence-corrected chi connectivity index (χ1v) is 13.1. The molecule has 0 bridgehead atoms. The fraction of sp³-hybridized carbons (Fsp3) is 0.259. The number of fused-ring (bicyclic) bond motifs is 1. The Kier molecular flexibility index (Phi) is 7.60. The summed E-state index contributed by atoms with van der Waals surface area (Å²) in [6.07, 6.45) is 1.41. The molecule has 4 heterocycles. The van der Waals surface area contributed by atoms with Crippen molar-refractivity contribution in [2.75, 3.05) is 7.11 Å². The molecule has 0 spiro atoms. The van der Waals surface area contributed by atoms with E-state index in [4.69, 9.17) is 27.9 Å². The average molecular weight is 618 g/mol. The Morgan fingerprint density at radius 2 is 1.76 bits per heavy atom. The Morgan fingerprint density at radius 3 is 2.38 bits per heavy atom. The molecule has 11 nitrogen and oxygen atoms in total. The van der Waals surface area contributed by atoms with Gasteiger partial charge in [-0.15, -0.1) is 0 Å². The monoisotopic (exact) mass is 617 g/mol. The molecule has 5 rings (SSSR count). The second-order valence-corrected chi connectivity index (χ2v) is 10.8. The van der Waals surface area contributed by atoms with Crippen molar-refractivity contribution in [3.63, 3.8) is 0 Å². The molecule has 0 unspecified atom stereocenters. The van der Waals surface area contributed by atoms with Gasteiger partial charge in [-0.2, -0.15) is 5.10 Å². The summed E-state index contributed by atoms with van der Waals surface area (Å²) in [4.78, 5) is 40.5. The van der Waals surface area contributed by atoms with E-state index in [9.17, 15) is 23.5 Å². The second-order valence-electron chi connectivity index (χ2n) is 9.97. The standard InChI is InChI=1S/C27H23Cl2F2N7O4/c1-27(2,41)19-6-5-15(28)22(33-19)14-9-18-23(34-24(14)42-4)25(39)38(11-20-32-12-36(3)35-20)26(40)37(18)10-13-7-16(29)21(31)17(30)8-13/h5-9,12,41H,10-11H2,1-4H3. The number of pyridine rings is 2. The molecule has 5 aromatic rings. The molecule has 0 fully saturated rings. The van der Waals surface area contributed by atoms with Crippen LogP contribution in [0.3, 0.4) is 0 Å². The van der Waals surface area contributed by atoms with Crippen molar-refractivity contribution in [3.8, 4) is 17.1 Å². The van der Waals surface area contributed by atoms with Crippen LogP contribution >= 0.6 is 23.2 Å². The first kappa shape index (κ1) is 29.3. The number of nitrogens with zero attached hydrogens (tertiary/aromatic N) is 7. The Morgan fingerprint density at radius 1 is 1.02 bits per heavy atom. The van der Waals surface area contributed by atoms with E-state index in [1.165, 1.54) is 36.3 Å². The fourth-order valence-corrected chi connectivity index (χ4v) is 4.82. The number of methoxy groups -OCH3 is 1. The Balaban J connectivity index is 1.82. The van der Waals surface area contributed by atoms with Crippen LogP contribution in [0.1, 0.15) is 30.9 Å². The predicted molar refractivity (Wildman–Crippen MR) is 151 cm³/mol. The first-order valence-electron chi connectivity index (χ1n) is 12.4. The smallest absolute Gasteiger partial charge is 0.332 e. The molecule has 1 N–H and O–H groups in total. The highest BCUT2D eigenvalue weighted by atomic mass is 35.5. The highest BCUT2D eigenvalue weighted by Crippen LogP contribution is 2.35. The lowest BCUT2D eigenvalue weighted by Crippen LogP contribution is -2.41. The van der Waals surface area contributed by atoms with Gasteiger partial charge in [-0.1, -0.05) is 23.2 Å². The minimum absolute atomic E-state index is 0.0263. The van der Waals surface area contributed by atoms with Gasteiger partial charge in [0.05, 0.1) is 52.7 Å². The number of hydrogen-bond donors (Lipinski definition) is 1. The molecule has 0 atom stereocenters. The summed E-state index contributed by atoms with van der Waals surface area (Å²) >= 11 is 12.4. The number of aromatic nitrogens is 7. The Hall–Kier alpha value is -4.20. The van der Waals surface area contributed by atoms with Gasteiger partial charge in [0.1, 0.15) is 11.9 Å². The van der Waals surface area contributed by atoms with Gasteiger partial charge in [0.15, 0.2) is 23.0 Å². The lowest BCUT2D eigenvalue weighted by molar-refractivity contribution is 0.0740. The maximum atomic E-state index is 14.3. The van der Waals surface area contributed by atoms with Crippen LogP contribution in [0.2, 0.25) is 10.0 Å². The van der Waals surface area contributed by atoms with Crippen molar-refractivity contribution in [3.05, 3.63) is 96.3 Å². The highest BCUT2D eigenvalue weighted by molar-refractivity contribution is 6.33. The summed E-state index contributed by atoms with van der Waals surface area (Å²) in [5.41, 5.74) is -2.23. The van der Waals surface area contributed by atoms with Crippen molar-refractivity contribution < 1.29 is 18.6 Å². The van der Waals surface area contributed by atoms with E-state index < -0.39 is 33.5 Å². The number of ether oxygens (including phenoxy) is 1. The molecular weight excluding hydrogens is 595 g/mol. The molecule has 0 amide bonds. The van der Waals surface area contributed by atoms with Crippen LogP contribution in [0.5, 0.6) is 5.88 Å².